The summed E-state index contributed by atoms with van der Waals surface area (Å²) in [5.74, 6) is 0.842. The first kappa shape index (κ1) is 36.2. The minimum Gasteiger partial charge on any atom is -0.507 e. The van der Waals surface area contributed by atoms with E-state index >= 15 is 0 Å². The molecular formula is C52H48N4O2. The van der Waals surface area contributed by atoms with E-state index in [0.717, 1.165) is 76.1 Å². The summed E-state index contributed by atoms with van der Waals surface area (Å²) in [6, 6.07) is 37.8. The molecule has 0 unspecified atom stereocenters. The van der Waals surface area contributed by atoms with Crippen molar-refractivity contribution in [1.82, 2.24) is 19.9 Å². The van der Waals surface area contributed by atoms with Crippen molar-refractivity contribution in [3.8, 4) is 39.5 Å². The minimum absolute atomic E-state index is 0.202. The number of hydrogen-bond donors (Lipinski definition) is 1. The Kier molecular flexibility index (Phi) is 8.42. The molecule has 5 aromatic heterocycles. The van der Waals surface area contributed by atoms with Gasteiger partial charge >= 0.3 is 0 Å². The average molecular weight is 761 g/mol. The topological polar surface area (TPSA) is 84.9 Å². The summed E-state index contributed by atoms with van der Waals surface area (Å²) in [4.78, 5) is 20.6. The lowest BCUT2D eigenvalue weighted by Crippen LogP contribution is -2.23. The highest BCUT2D eigenvalue weighted by Crippen LogP contribution is 2.48. The first-order valence-corrected chi connectivity index (χ1v) is 20.7. The molecule has 8 aromatic rings. The van der Waals surface area contributed by atoms with Gasteiger partial charge in [-0.1, -0.05) is 88.4 Å². The fraction of sp³-hybridized carbons (Fsp3) is 0.269. The van der Waals surface area contributed by atoms with Crippen LogP contribution in [0.2, 0.25) is 0 Å². The fourth-order valence-electron chi connectivity index (χ4n) is 9.73. The van der Waals surface area contributed by atoms with Crippen molar-refractivity contribution in [3.63, 3.8) is 0 Å². The van der Waals surface area contributed by atoms with E-state index in [1.807, 2.05) is 42.6 Å². The summed E-state index contributed by atoms with van der Waals surface area (Å²) in [5.41, 5.74) is 16.1. The molecule has 1 spiro atoms. The van der Waals surface area contributed by atoms with Crippen LogP contribution in [-0.2, 0) is 31.1 Å². The van der Waals surface area contributed by atoms with E-state index in [1.165, 1.54) is 39.1 Å². The number of aromatic nitrogens is 4. The third kappa shape index (κ3) is 6.00. The normalized spacial score (nSPS) is 14.6. The Balaban J connectivity index is 1.02. The molecule has 0 saturated carbocycles. The van der Waals surface area contributed by atoms with Gasteiger partial charge in [0, 0.05) is 39.7 Å². The van der Waals surface area contributed by atoms with Crippen molar-refractivity contribution in [3.05, 3.63) is 160 Å². The molecular weight excluding hydrogens is 713 g/mol. The maximum absolute atomic E-state index is 11.1. The van der Waals surface area contributed by atoms with Crippen molar-refractivity contribution >= 4 is 22.1 Å². The molecule has 0 amide bonds. The second kappa shape index (κ2) is 13.5. The number of phenolic OH excluding ortho intramolecular Hbond substituents is 1. The molecule has 0 atom stereocenters. The number of benzene rings is 3. The fourth-order valence-corrected chi connectivity index (χ4v) is 9.73. The highest BCUT2D eigenvalue weighted by atomic mass is 16.3. The number of rotatable bonds is 7. The zero-order valence-corrected chi connectivity index (χ0v) is 34.1. The molecule has 0 saturated heterocycles. The highest BCUT2D eigenvalue weighted by Gasteiger charge is 2.43. The van der Waals surface area contributed by atoms with Crippen LogP contribution in [0.1, 0.15) is 98.3 Å². The van der Waals surface area contributed by atoms with Gasteiger partial charge < -0.3 is 9.52 Å². The van der Waals surface area contributed by atoms with Crippen LogP contribution in [0.5, 0.6) is 5.75 Å². The predicted molar refractivity (Wildman–Crippen MR) is 233 cm³/mol. The summed E-state index contributed by atoms with van der Waals surface area (Å²) in [6.07, 6.45) is 6.16. The van der Waals surface area contributed by atoms with Gasteiger partial charge in [0.15, 0.2) is 0 Å². The molecule has 2 aliphatic rings. The molecule has 0 aliphatic heterocycles. The van der Waals surface area contributed by atoms with Crippen molar-refractivity contribution in [1.29, 1.82) is 0 Å². The maximum atomic E-state index is 11.1. The maximum Gasteiger partial charge on any atom is 0.227 e. The molecule has 288 valence electrons. The van der Waals surface area contributed by atoms with Gasteiger partial charge in [-0.3, -0.25) is 15.0 Å². The van der Waals surface area contributed by atoms with E-state index in [1.54, 1.807) is 6.07 Å². The number of phenols is 1. The Morgan fingerprint density at radius 1 is 0.621 bits per heavy atom. The summed E-state index contributed by atoms with van der Waals surface area (Å²) in [6.45, 7) is 13.3. The summed E-state index contributed by atoms with van der Waals surface area (Å²) < 4.78 is 6.48. The number of furan rings is 1. The third-order valence-electron chi connectivity index (χ3n) is 12.8. The lowest BCUT2D eigenvalue weighted by molar-refractivity contribution is 0.325. The molecule has 1 N–H and O–H groups in total. The van der Waals surface area contributed by atoms with E-state index < -0.39 is 5.41 Å². The van der Waals surface area contributed by atoms with Crippen molar-refractivity contribution in [2.24, 2.45) is 5.41 Å². The number of aromatic hydroxyl groups is 1. The Bertz CT molecular complexity index is 2870. The first-order chi connectivity index (χ1) is 28.0. The number of para-hydroxylation sites is 1. The second-order valence-electron chi connectivity index (χ2n) is 17.9. The van der Waals surface area contributed by atoms with E-state index in [-0.39, 0.29) is 11.2 Å². The molecule has 0 fully saturated rings. The van der Waals surface area contributed by atoms with Gasteiger partial charge in [-0.15, -0.1) is 0 Å². The Labute approximate surface area is 340 Å². The van der Waals surface area contributed by atoms with Gasteiger partial charge in [-0.05, 0) is 138 Å². The summed E-state index contributed by atoms with van der Waals surface area (Å²) >= 11 is 0. The molecule has 3 aromatic carbocycles. The molecule has 0 radical (unpaired) electrons. The van der Waals surface area contributed by atoms with E-state index in [9.17, 15) is 5.11 Å². The largest absolute Gasteiger partial charge is 0.507 e. The second-order valence-corrected chi connectivity index (χ2v) is 17.9. The summed E-state index contributed by atoms with van der Waals surface area (Å²) in [7, 11) is 0. The number of nitrogens with zero attached hydrogens (tertiary/aromatic N) is 4. The van der Waals surface area contributed by atoms with E-state index in [0.29, 0.717) is 23.1 Å². The van der Waals surface area contributed by atoms with Gasteiger partial charge in [0.05, 0.1) is 28.5 Å². The van der Waals surface area contributed by atoms with Crippen LogP contribution < -0.4 is 0 Å². The molecule has 6 nitrogen and oxygen atoms in total. The first-order valence-electron chi connectivity index (χ1n) is 20.7. The van der Waals surface area contributed by atoms with Crippen molar-refractivity contribution in [2.45, 2.75) is 84.5 Å². The molecule has 58 heavy (non-hydrogen) atoms. The predicted octanol–water partition coefficient (Wildman–Crippen LogP) is 12.3. The van der Waals surface area contributed by atoms with Crippen molar-refractivity contribution in [2.75, 3.05) is 0 Å². The smallest absolute Gasteiger partial charge is 0.227 e. The molecule has 6 heteroatoms. The zero-order chi connectivity index (χ0) is 39.9. The standard InChI is InChI=1S/C52H48N4O2/c1-30(2)36-16-11-17-37(31(3)4)49(36)34-22-42(38-15-9-10-19-45(38)57)55-48(23-34)51(5,6)47-20-12-18-41(54-47)43-24-46-40(29-53-43)39-21-35-27-52(28-44(35)56-50(39)58-46)25-32-13-7-8-14-33(32)26-52/h7-24,29-31,57H,25-28H2,1-6H3. The monoisotopic (exact) mass is 760 g/mol. The molecule has 2 aliphatic carbocycles. The molecule has 5 heterocycles. The van der Waals surface area contributed by atoms with Crippen molar-refractivity contribution < 1.29 is 9.52 Å². The van der Waals surface area contributed by atoms with Gasteiger partial charge in [-0.2, -0.15) is 0 Å². The third-order valence-corrected chi connectivity index (χ3v) is 12.8. The van der Waals surface area contributed by atoms with Crippen LogP contribution in [-0.4, -0.2) is 25.0 Å². The van der Waals surface area contributed by atoms with Crippen LogP contribution in [0.15, 0.2) is 120 Å². The van der Waals surface area contributed by atoms with Crippen LogP contribution in [0, 0.1) is 5.41 Å². The Morgan fingerprint density at radius 2 is 1.29 bits per heavy atom. The van der Waals surface area contributed by atoms with Crippen LogP contribution in [0.3, 0.4) is 0 Å². The Morgan fingerprint density at radius 3 is 2.02 bits per heavy atom. The van der Waals surface area contributed by atoms with Crippen LogP contribution >= 0.6 is 0 Å². The number of fused-ring (bicyclic) bond motifs is 5. The minimum atomic E-state index is -0.609. The van der Waals surface area contributed by atoms with Gasteiger partial charge in [0.1, 0.15) is 11.3 Å². The van der Waals surface area contributed by atoms with Crippen LogP contribution in [0.4, 0.5) is 0 Å². The average Bonchev–Trinajstić information content (AvgIpc) is 3.89. The lowest BCUT2D eigenvalue weighted by atomic mass is 9.80. The number of pyridine rings is 4. The van der Waals surface area contributed by atoms with Gasteiger partial charge in [-0.25, -0.2) is 4.98 Å². The molecule has 10 rings (SSSR count). The lowest BCUT2D eigenvalue weighted by Gasteiger charge is -2.27. The SMILES string of the molecule is CC(C)c1cccc(C(C)C)c1-c1cc(-c2ccccc2O)nc(C(C)(C)c2cccc(-c3cc4oc5nc6c(cc5c4cn3)CC3(Cc4ccccc4C3)C6)n2)c1. The van der Waals surface area contributed by atoms with E-state index in [2.05, 4.69) is 108 Å². The van der Waals surface area contributed by atoms with E-state index in [4.69, 9.17) is 24.4 Å². The molecule has 0 bridgehead atoms. The Hall–Kier alpha value is -6.14. The number of hydrogen-bond acceptors (Lipinski definition) is 6. The highest BCUT2D eigenvalue weighted by molar-refractivity contribution is 6.04. The van der Waals surface area contributed by atoms with Gasteiger partial charge in [0.2, 0.25) is 5.71 Å². The van der Waals surface area contributed by atoms with Crippen LogP contribution in [0.25, 0.3) is 55.8 Å². The quantitative estimate of drug-likeness (QED) is 0.174. The zero-order valence-electron chi connectivity index (χ0n) is 34.1. The summed E-state index contributed by atoms with van der Waals surface area (Å²) in [5, 5.41) is 13.0. The van der Waals surface area contributed by atoms with Gasteiger partial charge in [0.25, 0.3) is 0 Å².